The van der Waals surface area contributed by atoms with Gasteiger partial charge >= 0.3 is 0 Å². The molecule has 1 aliphatic rings. The number of amides is 2. The van der Waals surface area contributed by atoms with E-state index < -0.39 is 0 Å². The first kappa shape index (κ1) is 27.9. The highest BCUT2D eigenvalue weighted by Gasteiger charge is 2.35. The predicted octanol–water partition coefficient (Wildman–Crippen LogP) is 6.52. The largest absolute Gasteiger partial charge is 0.493 e. The molecular formula is C31H31NO6S. The van der Waals surface area contributed by atoms with Gasteiger partial charge in [0, 0.05) is 5.56 Å². The van der Waals surface area contributed by atoms with Crippen LogP contribution < -0.4 is 18.9 Å². The maximum atomic E-state index is 13.1. The van der Waals surface area contributed by atoms with Crippen molar-refractivity contribution in [3.8, 4) is 23.0 Å². The second-order valence-electron chi connectivity index (χ2n) is 8.54. The summed E-state index contributed by atoms with van der Waals surface area (Å²) >= 11 is 0.907. The standard InChI is InChI=1S/C31H31NO6S/c1-4-11-24-18-23(19-27(36-5-2)29(24)38-21-22-12-7-6-8-13-22)20-28-30(33)32(31(34)39-28)16-17-37-26-15-10-9-14-25(26)35-3/h4,6-10,12-15,18-20H,1,5,11,16-17,21H2,2-3H3/b28-20-. The number of nitrogens with zero attached hydrogens (tertiary/aromatic N) is 1. The van der Waals surface area contributed by atoms with Gasteiger partial charge in [-0.25, -0.2) is 0 Å². The first-order valence-electron chi connectivity index (χ1n) is 12.6. The van der Waals surface area contributed by atoms with Crippen molar-refractivity contribution in [1.82, 2.24) is 4.90 Å². The van der Waals surface area contributed by atoms with E-state index in [1.165, 1.54) is 4.90 Å². The number of carbonyl (C=O) groups excluding carboxylic acids is 2. The molecule has 0 spiro atoms. The Labute approximate surface area is 233 Å². The molecule has 0 bridgehead atoms. The minimum Gasteiger partial charge on any atom is -0.493 e. The number of thioether (sulfide) groups is 1. The van der Waals surface area contributed by atoms with E-state index in [9.17, 15) is 9.59 Å². The summed E-state index contributed by atoms with van der Waals surface area (Å²) < 4.78 is 23.1. The first-order valence-corrected chi connectivity index (χ1v) is 13.4. The lowest BCUT2D eigenvalue weighted by Gasteiger charge is -2.17. The van der Waals surface area contributed by atoms with E-state index in [2.05, 4.69) is 6.58 Å². The summed E-state index contributed by atoms with van der Waals surface area (Å²) in [7, 11) is 1.56. The average molecular weight is 546 g/mol. The summed E-state index contributed by atoms with van der Waals surface area (Å²) in [4.78, 5) is 27.3. The van der Waals surface area contributed by atoms with Crippen LogP contribution in [0.5, 0.6) is 23.0 Å². The Bertz CT molecular complexity index is 1350. The molecule has 0 saturated carbocycles. The highest BCUT2D eigenvalue weighted by atomic mass is 32.2. The second kappa shape index (κ2) is 13.6. The van der Waals surface area contributed by atoms with Crippen LogP contribution in [0.1, 0.15) is 23.6 Å². The van der Waals surface area contributed by atoms with Gasteiger partial charge in [0.15, 0.2) is 23.0 Å². The van der Waals surface area contributed by atoms with Crippen molar-refractivity contribution in [3.05, 3.63) is 101 Å². The summed E-state index contributed by atoms with van der Waals surface area (Å²) in [5, 5.41) is -0.339. The van der Waals surface area contributed by atoms with Crippen molar-refractivity contribution in [2.24, 2.45) is 0 Å². The van der Waals surface area contributed by atoms with Gasteiger partial charge in [0.2, 0.25) is 0 Å². The Balaban J connectivity index is 1.51. The minimum atomic E-state index is -0.360. The minimum absolute atomic E-state index is 0.123. The van der Waals surface area contributed by atoms with Gasteiger partial charge in [0.05, 0.1) is 25.2 Å². The molecule has 0 aliphatic carbocycles. The number of allylic oxidation sites excluding steroid dienone is 1. The molecule has 7 nitrogen and oxygen atoms in total. The number of imide groups is 1. The molecule has 0 aromatic heterocycles. The molecule has 0 atom stereocenters. The predicted molar refractivity (Wildman–Crippen MR) is 153 cm³/mol. The number of carbonyl (C=O) groups is 2. The van der Waals surface area contributed by atoms with Gasteiger partial charge in [-0.05, 0) is 66.6 Å². The van der Waals surface area contributed by atoms with Crippen LogP contribution in [-0.2, 0) is 17.8 Å². The first-order chi connectivity index (χ1) is 19.0. The van der Waals surface area contributed by atoms with Gasteiger partial charge in [-0.15, -0.1) is 6.58 Å². The molecule has 1 heterocycles. The number of ether oxygens (including phenoxy) is 4. The summed E-state index contributed by atoms with van der Waals surface area (Å²) in [6.07, 6.45) is 4.05. The van der Waals surface area contributed by atoms with E-state index in [1.54, 1.807) is 31.4 Å². The number of hydrogen-bond acceptors (Lipinski definition) is 7. The Morgan fingerprint density at radius 3 is 2.38 bits per heavy atom. The zero-order valence-corrected chi connectivity index (χ0v) is 22.9. The molecular weight excluding hydrogens is 514 g/mol. The van der Waals surface area contributed by atoms with Crippen LogP contribution in [0.3, 0.4) is 0 Å². The zero-order valence-electron chi connectivity index (χ0n) is 22.1. The van der Waals surface area contributed by atoms with E-state index in [-0.39, 0.29) is 24.3 Å². The molecule has 1 saturated heterocycles. The highest BCUT2D eigenvalue weighted by molar-refractivity contribution is 8.18. The maximum absolute atomic E-state index is 13.1. The number of benzene rings is 3. The number of rotatable bonds is 13. The molecule has 202 valence electrons. The van der Waals surface area contributed by atoms with Crippen LogP contribution in [-0.4, -0.2) is 42.9 Å². The fraction of sp³-hybridized carbons (Fsp3) is 0.226. The molecule has 4 rings (SSSR count). The molecule has 3 aromatic carbocycles. The second-order valence-corrected chi connectivity index (χ2v) is 9.53. The van der Waals surface area contributed by atoms with Gasteiger partial charge in [-0.2, -0.15) is 0 Å². The van der Waals surface area contributed by atoms with Crippen molar-refractivity contribution in [2.45, 2.75) is 20.0 Å². The number of methoxy groups -OCH3 is 1. The van der Waals surface area contributed by atoms with Crippen LogP contribution in [0.25, 0.3) is 6.08 Å². The van der Waals surface area contributed by atoms with Gasteiger partial charge < -0.3 is 18.9 Å². The Kier molecular flexibility index (Phi) is 9.69. The Hall–Kier alpha value is -4.17. The molecule has 1 aliphatic heterocycles. The van der Waals surface area contributed by atoms with Crippen molar-refractivity contribution < 1.29 is 28.5 Å². The van der Waals surface area contributed by atoms with E-state index in [0.29, 0.717) is 47.5 Å². The molecule has 2 amide bonds. The van der Waals surface area contributed by atoms with Gasteiger partial charge in [-0.1, -0.05) is 48.5 Å². The summed E-state index contributed by atoms with van der Waals surface area (Å²) in [6, 6.07) is 20.9. The highest BCUT2D eigenvalue weighted by Crippen LogP contribution is 2.38. The van der Waals surface area contributed by atoms with E-state index in [0.717, 1.165) is 28.5 Å². The van der Waals surface area contributed by atoms with Crippen LogP contribution in [0, 0.1) is 0 Å². The molecule has 0 radical (unpaired) electrons. The van der Waals surface area contributed by atoms with Crippen LogP contribution in [0.15, 0.2) is 84.3 Å². The van der Waals surface area contributed by atoms with Crippen molar-refractivity contribution in [3.63, 3.8) is 0 Å². The maximum Gasteiger partial charge on any atom is 0.293 e. The number of para-hydroxylation sites is 2. The van der Waals surface area contributed by atoms with Crippen LogP contribution >= 0.6 is 11.8 Å². The van der Waals surface area contributed by atoms with Crippen LogP contribution in [0.2, 0.25) is 0 Å². The summed E-state index contributed by atoms with van der Waals surface area (Å²) in [5.74, 6) is 1.99. The molecule has 3 aromatic rings. The van der Waals surface area contributed by atoms with Crippen molar-refractivity contribution in [2.75, 3.05) is 26.9 Å². The van der Waals surface area contributed by atoms with E-state index in [4.69, 9.17) is 18.9 Å². The topological polar surface area (TPSA) is 74.3 Å². The van der Waals surface area contributed by atoms with E-state index >= 15 is 0 Å². The smallest absolute Gasteiger partial charge is 0.293 e. The van der Waals surface area contributed by atoms with Gasteiger partial charge in [-0.3, -0.25) is 14.5 Å². The van der Waals surface area contributed by atoms with Crippen molar-refractivity contribution in [1.29, 1.82) is 0 Å². The van der Waals surface area contributed by atoms with Crippen molar-refractivity contribution >= 4 is 29.0 Å². The summed E-state index contributed by atoms with van der Waals surface area (Å²) in [5.41, 5.74) is 2.65. The van der Waals surface area contributed by atoms with Gasteiger partial charge in [0.25, 0.3) is 11.1 Å². The molecule has 1 fully saturated rings. The SMILES string of the molecule is C=CCc1cc(/C=C2\SC(=O)N(CCOc3ccccc3OC)C2=O)cc(OCC)c1OCc1ccccc1. The molecule has 0 unspecified atom stereocenters. The lowest BCUT2D eigenvalue weighted by Crippen LogP contribution is -2.32. The van der Waals surface area contributed by atoms with E-state index in [1.807, 2.05) is 61.5 Å². The zero-order chi connectivity index (χ0) is 27.6. The fourth-order valence-corrected chi connectivity index (χ4v) is 4.92. The van der Waals surface area contributed by atoms with Crippen LogP contribution in [0.4, 0.5) is 4.79 Å². The Morgan fingerprint density at radius 1 is 0.923 bits per heavy atom. The average Bonchev–Trinajstić information content (AvgIpc) is 3.21. The summed E-state index contributed by atoms with van der Waals surface area (Å²) in [6.45, 7) is 6.89. The normalized spacial score (nSPS) is 14.0. The molecule has 0 N–H and O–H groups in total. The Morgan fingerprint density at radius 2 is 1.67 bits per heavy atom. The number of hydrogen-bond donors (Lipinski definition) is 0. The lowest BCUT2D eigenvalue weighted by molar-refractivity contribution is -0.123. The third kappa shape index (κ3) is 7.03. The third-order valence-corrected chi connectivity index (χ3v) is 6.76. The molecule has 39 heavy (non-hydrogen) atoms. The molecule has 8 heteroatoms. The third-order valence-electron chi connectivity index (χ3n) is 5.86. The quantitative estimate of drug-likeness (QED) is 0.179. The van der Waals surface area contributed by atoms with Gasteiger partial charge in [0.1, 0.15) is 13.2 Å². The fourth-order valence-electron chi connectivity index (χ4n) is 4.06. The lowest BCUT2D eigenvalue weighted by atomic mass is 10.0. The monoisotopic (exact) mass is 545 g/mol.